The van der Waals surface area contributed by atoms with Crippen molar-refractivity contribution >= 4 is 6.29 Å². The van der Waals surface area contributed by atoms with Crippen molar-refractivity contribution in [2.24, 2.45) is 0 Å². The molecular formula is C14H15NO4. The Bertz CT molecular complexity index is 522. The molecule has 0 bridgehead atoms. The molecule has 0 saturated heterocycles. The lowest BCUT2D eigenvalue weighted by atomic mass is 10.2. The van der Waals surface area contributed by atoms with Crippen LogP contribution in [0.25, 0.3) is 0 Å². The van der Waals surface area contributed by atoms with Crippen LogP contribution in [0.2, 0.25) is 0 Å². The zero-order chi connectivity index (χ0) is 13.5. The van der Waals surface area contributed by atoms with Crippen LogP contribution in [-0.2, 0) is 6.61 Å². The van der Waals surface area contributed by atoms with Crippen LogP contribution < -0.4 is 9.47 Å². The van der Waals surface area contributed by atoms with Crippen LogP contribution in [0.15, 0.2) is 35.2 Å². The number of benzene rings is 1. The molecule has 0 amide bonds. The topological polar surface area (TPSA) is 61.6 Å². The molecule has 0 atom stereocenters. The maximum atomic E-state index is 11.0. The molecule has 0 aliphatic rings. The number of aldehydes is 1. The molecule has 0 saturated carbocycles. The highest BCUT2D eigenvalue weighted by molar-refractivity contribution is 5.79. The highest BCUT2D eigenvalue weighted by Gasteiger charge is 2.06. The number of ether oxygens (including phenoxy) is 2. The molecule has 1 aromatic heterocycles. The van der Waals surface area contributed by atoms with E-state index in [-0.39, 0.29) is 0 Å². The van der Waals surface area contributed by atoms with Crippen molar-refractivity contribution in [3.63, 3.8) is 0 Å². The molecule has 0 aliphatic heterocycles. The molecule has 2 rings (SSSR count). The molecule has 5 heteroatoms. The smallest absolute Gasteiger partial charge is 0.153 e. The van der Waals surface area contributed by atoms with E-state index in [0.29, 0.717) is 30.3 Å². The van der Waals surface area contributed by atoms with Gasteiger partial charge in [-0.3, -0.25) is 4.79 Å². The Labute approximate surface area is 111 Å². The second-order valence-corrected chi connectivity index (χ2v) is 3.99. The predicted octanol–water partition coefficient (Wildman–Crippen LogP) is 2.85. The van der Waals surface area contributed by atoms with Crippen LogP contribution in [0, 0.1) is 0 Å². The highest BCUT2D eigenvalue weighted by atomic mass is 16.5. The molecule has 0 aliphatic carbocycles. The number of rotatable bonds is 7. The van der Waals surface area contributed by atoms with Gasteiger partial charge in [0.1, 0.15) is 24.4 Å². The fourth-order valence-corrected chi connectivity index (χ4v) is 1.51. The van der Waals surface area contributed by atoms with Crippen molar-refractivity contribution in [3.05, 3.63) is 41.8 Å². The van der Waals surface area contributed by atoms with Gasteiger partial charge < -0.3 is 14.0 Å². The van der Waals surface area contributed by atoms with Crippen molar-refractivity contribution in [2.75, 3.05) is 6.61 Å². The normalized spacial score (nSPS) is 10.2. The number of nitrogens with zero attached hydrogens (tertiary/aromatic N) is 1. The Morgan fingerprint density at radius 2 is 2.26 bits per heavy atom. The minimum Gasteiger partial charge on any atom is -0.493 e. The lowest BCUT2D eigenvalue weighted by Crippen LogP contribution is -2.00. The SMILES string of the molecule is CCCOc1ccc(C=O)c(OCc2cnoc2)c1. The number of carbonyl (C=O) groups excluding carboxylic acids is 1. The Morgan fingerprint density at radius 1 is 1.37 bits per heavy atom. The van der Waals surface area contributed by atoms with E-state index in [1.807, 2.05) is 6.92 Å². The Balaban J connectivity index is 2.09. The molecule has 19 heavy (non-hydrogen) atoms. The van der Waals surface area contributed by atoms with Gasteiger partial charge in [0, 0.05) is 11.6 Å². The van der Waals surface area contributed by atoms with Gasteiger partial charge in [0.05, 0.1) is 18.4 Å². The first kappa shape index (κ1) is 13.1. The average molecular weight is 261 g/mol. The third kappa shape index (κ3) is 3.58. The van der Waals surface area contributed by atoms with Gasteiger partial charge >= 0.3 is 0 Å². The molecule has 0 unspecified atom stereocenters. The molecular weight excluding hydrogens is 246 g/mol. The Morgan fingerprint density at radius 3 is 2.95 bits per heavy atom. The first-order valence-corrected chi connectivity index (χ1v) is 6.06. The zero-order valence-electron chi connectivity index (χ0n) is 10.7. The van der Waals surface area contributed by atoms with Gasteiger partial charge in [0.2, 0.25) is 0 Å². The van der Waals surface area contributed by atoms with E-state index in [1.165, 1.54) is 6.26 Å². The van der Waals surface area contributed by atoms with E-state index in [0.717, 1.165) is 18.3 Å². The third-order valence-electron chi connectivity index (χ3n) is 2.46. The maximum absolute atomic E-state index is 11.0. The van der Waals surface area contributed by atoms with Gasteiger partial charge in [-0.05, 0) is 18.6 Å². The predicted molar refractivity (Wildman–Crippen MR) is 68.5 cm³/mol. The van der Waals surface area contributed by atoms with Crippen LogP contribution >= 0.6 is 0 Å². The lowest BCUT2D eigenvalue weighted by molar-refractivity contribution is 0.111. The number of hydrogen-bond acceptors (Lipinski definition) is 5. The Hall–Kier alpha value is -2.30. The summed E-state index contributed by atoms with van der Waals surface area (Å²) in [7, 11) is 0. The summed E-state index contributed by atoms with van der Waals surface area (Å²) in [6, 6.07) is 5.15. The van der Waals surface area contributed by atoms with E-state index in [1.54, 1.807) is 24.4 Å². The summed E-state index contributed by atoms with van der Waals surface area (Å²) in [4.78, 5) is 11.0. The van der Waals surface area contributed by atoms with Gasteiger partial charge in [-0.25, -0.2) is 0 Å². The van der Waals surface area contributed by atoms with E-state index < -0.39 is 0 Å². The minimum atomic E-state index is 0.293. The van der Waals surface area contributed by atoms with Gasteiger partial charge in [-0.2, -0.15) is 0 Å². The second kappa shape index (κ2) is 6.58. The van der Waals surface area contributed by atoms with Gasteiger partial charge in [-0.15, -0.1) is 0 Å². The number of hydrogen-bond donors (Lipinski definition) is 0. The van der Waals surface area contributed by atoms with E-state index >= 15 is 0 Å². The van der Waals surface area contributed by atoms with Crippen molar-refractivity contribution in [3.8, 4) is 11.5 Å². The van der Waals surface area contributed by atoms with E-state index in [2.05, 4.69) is 5.16 Å². The zero-order valence-corrected chi connectivity index (χ0v) is 10.7. The summed E-state index contributed by atoms with van der Waals surface area (Å²) in [6.07, 6.45) is 4.74. The number of carbonyl (C=O) groups is 1. The first-order chi connectivity index (χ1) is 9.33. The van der Waals surface area contributed by atoms with Gasteiger partial charge in [0.15, 0.2) is 6.29 Å². The lowest BCUT2D eigenvalue weighted by Gasteiger charge is -2.10. The standard InChI is InChI=1S/C14H15NO4/c1-2-5-17-13-4-3-12(8-16)14(6-13)18-9-11-7-15-19-10-11/h3-4,6-8,10H,2,5,9H2,1H3. The first-order valence-electron chi connectivity index (χ1n) is 6.06. The molecule has 100 valence electrons. The fraction of sp³-hybridized carbons (Fsp3) is 0.286. The largest absolute Gasteiger partial charge is 0.493 e. The van der Waals surface area contributed by atoms with E-state index in [9.17, 15) is 4.79 Å². The minimum absolute atomic E-state index is 0.293. The Kier molecular flexibility index (Phi) is 4.55. The second-order valence-electron chi connectivity index (χ2n) is 3.99. The molecule has 1 aromatic carbocycles. The summed E-state index contributed by atoms with van der Waals surface area (Å²) in [6.45, 7) is 2.95. The van der Waals surface area contributed by atoms with Crippen LogP contribution in [0.5, 0.6) is 11.5 Å². The van der Waals surface area contributed by atoms with Crippen molar-refractivity contribution in [1.82, 2.24) is 5.16 Å². The number of aromatic nitrogens is 1. The van der Waals surface area contributed by atoms with Crippen LogP contribution in [0.1, 0.15) is 29.3 Å². The van der Waals surface area contributed by atoms with Gasteiger partial charge in [-0.1, -0.05) is 12.1 Å². The van der Waals surface area contributed by atoms with Crippen molar-refractivity contribution < 1.29 is 18.8 Å². The van der Waals surface area contributed by atoms with Crippen LogP contribution in [0.4, 0.5) is 0 Å². The van der Waals surface area contributed by atoms with Crippen LogP contribution in [-0.4, -0.2) is 18.0 Å². The monoisotopic (exact) mass is 261 g/mol. The highest BCUT2D eigenvalue weighted by Crippen LogP contribution is 2.24. The third-order valence-corrected chi connectivity index (χ3v) is 2.46. The summed E-state index contributed by atoms with van der Waals surface area (Å²) in [5, 5.41) is 3.59. The maximum Gasteiger partial charge on any atom is 0.153 e. The van der Waals surface area contributed by atoms with Crippen LogP contribution in [0.3, 0.4) is 0 Å². The molecule has 2 aromatic rings. The molecule has 0 N–H and O–H groups in total. The molecule has 0 fully saturated rings. The molecule has 1 heterocycles. The summed E-state index contributed by atoms with van der Waals surface area (Å²) in [5.74, 6) is 1.18. The van der Waals surface area contributed by atoms with Gasteiger partial charge in [0.25, 0.3) is 0 Å². The molecule has 0 radical (unpaired) electrons. The fourth-order valence-electron chi connectivity index (χ4n) is 1.51. The quantitative estimate of drug-likeness (QED) is 0.717. The molecule has 5 nitrogen and oxygen atoms in total. The summed E-state index contributed by atoms with van der Waals surface area (Å²) in [5.41, 5.74) is 1.29. The summed E-state index contributed by atoms with van der Waals surface area (Å²) < 4.78 is 15.8. The van der Waals surface area contributed by atoms with Crippen molar-refractivity contribution in [1.29, 1.82) is 0 Å². The van der Waals surface area contributed by atoms with Crippen molar-refractivity contribution in [2.45, 2.75) is 20.0 Å². The summed E-state index contributed by atoms with van der Waals surface area (Å²) >= 11 is 0. The average Bonchev–Trinajstić information content (AvgIpc) is 2.96. The van der Waals surface area contributed by atoms with E-state index in [4.69, 9.17) is 14.0 Å². The molecule has 0 spiro atoms.